The lowest BCUT2D eigenvalue weighted by molar-refractivity contribution is -0.118. The van der Waals surface area contributed by atoms with Crippen LogP contribution in [0.1, 0.15) is 12.5 Å². The molecule has 0 fully saturated rings. The molecule has 0 saturated heterocycles. The standard InChI is InChI=1S/C20H20N2O4/c1-3-13-10-19(23)22-18-11-14(4-9-17(13)18)21-20(24)12-26-16-7-5-15(25-2)6-8-16/h4-11H,3,12H2,1-2H3,(H,21,24)(H,22,23). The molecule has 0 aliphatic rings. The van der Waals surface area contributed by atoms with Crippen LogP contribution in [0.25, 0.3) is 10.9 Å². The third-order valence-corrected chi connectivity index (χ3v) is 4.02. The molecular weight excluding hydrogens is 332 g/mol. The number of amides is 1. The van der Waals surface area contributed by atoms with Crippen molar-refractivity contribution in [2.45, 2.75) is 13.3 Å². The molecule has 0 saturated carbocycles. The van der Waals surface area contributed by atoms with Crippen molar-refractivity contribution in [3.8, 4) is 11.5 Å². The molecule has 0 aliphatic heterocycles. The Hall–Kier alpha value is -3.28. The van der Waals surface area contributed by atoms with Crippen LogP contribution >= 0.6 is 0 Å². The molecule has 26 heavy (non-hydrogen) atoms. The first-order valence-electron chi connectivity index (χ1n) is 8.31. The minimum Gasteiger partial charge on any atom is -0.497 e. The van der Waals surface area contributed by atoms with Gasteiger partial charge in [0, 0.05) is 17.1 Å². The van der Waals surface area contributed by atoms with Gasteiger partial charge in [0.2, 0.25) is 5.56 Å². The number of H-pyrrole nitrogens is 1. The Balaban J connectivity index is 1.67. The van der Waals surface area contributed by atoms with Crippen molar-refractivity contribution in [3.05, 3.63) is 64.4 Å². The Labute approximate surface area is 150 Å². The van der Waals surface area contributed by atoms with Crippen molar-refractivity contribution in [3.63, 3.8) is 0 Å². The van der Waals surface area contributed by atoms with Gasteiger partial charge < -0.3 is 19.8 Å². The number of fused-ring (bicyclic) bond motifs is 1. The second-order valence-electron chi connectivity index (χ2n) is 5.79. The van der Waals surface area contributed by atoms with E-state index in [1.54, 1.807) is 43.5 Å². The van der Waals surface area contributed by atoms with Crippen LogP contribution in [0.4, 0.5) is 5.69 Å². The second-order valence-corrected chi connectivity index (χ2v) is 5.79. The van der Waals surface area contributed by atoms with Crippen LogP contribution in [0.5, 0.6) is 11.5 Å². The predicted octanol–water partition coefficient (Wildman–Crippen LogP) is 3.12. The highest BCUT2D eigenvalue weighted by Gasteiger charge is 2.07. The zero-order chi connectivity index (χ0) is 18.5. The topological polar surface area (TPSA) is 80.4 Å². The molecule has 1 amide bonds. The summed E-state index contributed by atoms with van der Waals surface area (Å²) in [6.07, 6.45) is 0.766. The zero-order valence-corrected chi connectivity index (χ0v) is 14.7. The molecule has 0 bridgehead atoms. The highest BCUT2D eigenvalue weighted by atomic mass is 16.5. The van der Waals surface area contributed by atoms with Gasteiger partial charge in [-0.3, -0.25) is 9.59 Å². The van der Waals surface area contributed by atoms with Gasteiger partial charge in [0.15, 0.2) is 6.61 Å². The molecule has 1 heterocycles. The van der Waals surface area contributed by atoms with Gasteiger partial charge in [-0.2, -0.15) is 0 Å². The van der Waals surface area contributed by atoms with E-state index in [9.17, 15) is 9.59 Å². The molecule has 2 N–H and O–H groups in total. The molecule has 1 aromatic heterocycles. The van der Waals surface area contributed by atoms with Gasteiger partial charge in [0.25, 0.3) is 5.91 Å². The Morgan fingerprint density at radius 1 is 1.08 bits per heavy atom. The fourth-order valence-electron chi connectivity index (χ4n) is 2.72. The van der Waals surface area contributed by atoms with Crippen molar-refractivity contribution < 1.29 is 14.3 Å². The Kier molecular flexibility index (Phi) is 5.22. The minimum absolute atomic E-state index is 0.115. The number of aromatic nitrogens is 1. The number of pyridine rings is 1. The number of ether oxygens (including phenoxy) is 2. The second kappa shape index (κ2) is 7.74. The van der Waals surface area contributed by atoms with Crippen molar-refractivity contribution in [1.82, 2.24) is 4.98 Å². The maximum absolute atomic E-state index is 12.1. The third-order valence-electron chi connectivity index (χ3n) is 4.02. The van der Waals surface area contributed by atoms with E-state index >= 15 is 0 Å². The first-order chi connectivity index (χ1) is 12.6. The van der Waals surface area contributed by atoms with Crippen LogP contribution in [0, 0.1) is 0 Å². The summed E-state index contributed by atoms with van der Waals surface area (Å²) in [4.78, 5) is 26.6. The first kappa shape index (κ1) is 17.5. The SMILES string of the molecule is CCc1cc(=O)[nH]c2cc(NC(=O)COc3ccc(OC)cc3)ccc12. The van der Waals surface area contributed by atoms with Gasteiger partial charge in [0.05, 0.1) is 12.6 Å². The molecule has 0 atom stereocenters. The normalized spacial score (nSPS) is 10.5. The van der Waals surface area contributed by atoms with Crippen molar-refractivity contribution in [2.75, 3.05) is 19.0 Å². The van der Waals surface area contributed by atoms with E-state index < -0.39 is 0 Å². The van der Waals surface area contributed by atoms with Gasteiger partial charge in [-0.05, 0) is 48.4 Å². The smallest absolute Gasteiger partial charge is 0.262 e. The highest BCUT2D eigenvalue weighted by molar-refractivity contribution is 5.94. The molecule has 0 radical (unpaired) electrons. The lowest BCUT2D eigenvalue weighted by Gasteiger charge is -2.10. The lowest BCUT2D eigenvalue weighted by atomic mass is 10.1. The molecule has 6 nitrogen and oxygen atoms in total. The minimum atomic E-state index is -0.283. The number of benzene rings is 2. The maximum atomic E-state index is 12.1. The summed E-state index contributed by atoms with van der Waals surface area (Å²) < 4.78 is 10.5. The van der Waals surface area contributed by atoms with E-state index in [1.807, 2.05) is 19.1 Å². The number of aromatic amines is 1. The third kappa shape index (κ3) is 4.03. The number of anilines is 1. The van der Waals surface area contributed by atoms with Crippen LogP contribution in [0.3, 0.4) is 0 Å². The molecule has 0 unspecified atom stereocenters. The molecule has 134 valence electrons. The number of hydrogen-bond donors (Lipinski definition) is 2. The summed E-state index contributed by atoms with van der Waals surface area (Å²) >= 11 is 0. The van der Waals surface area contributed by atoms with Gasteiger partial charge in [0.1, 0.15) is 11.5 Å². The summed E-state index contributed by atoms with van der Waals surface area (Å²) in [5.41, 5.74) is 2.12. The quantitative estimate of drug-likeness (QED) is 0.714. The van der Waals surface area contributed by atoms with E-state index in [0.29, 0.717) is 17.0 Å². The number of carbonyl (C=O) groups is 1. The molecule has 6 heteroatoms. The molecule has 0 spiro atoms. The summed E-state index contributed by atoms with van der Waals surface area (Å²) in [6.45, 7) is 1.89. The average Bonchev–Trinajstić information content (AvgIpc) is 2.65. The largest absolute Gasteiger partial charge is 0.497 e. The number of hydrogen-bond acceptors (Lipinski definition) is 4. The van der Waals surface area contributed by atoms with E-state index in [4.69, 9.17) is 9.47 Å². The van der Waals surface area contributed by atoms with Gasteiger partial charge in [-0.25, -0.2) is 0 Å². The summed E-state index contributed by atoms with van der Waals surface area (Å²) in [6, 6.07) is 14.0. The fraction of sp³-hybridized carbons (Fsp3) is 0.200. The highest BCUT2D eigenvalue weighted by Crippen LogP contribution is 2.20. The molecule has 2 aromatic carbocycles. The molecular formula is C20H20N2O4. The Morgan fingerprint density at radius 2 is 1.81 bits per heavy atom. The molecule has 0 aliphatic carbocycles. The van der Waals surface area contributed by atoms with Crippen molar-refractivity contribution in [1.29, 1.82) is 0 Å². The maximum Gasteiger partial charge on any atom is 0.262 e. The number of nitrogens with one attached hydrogen (secondary N) is 2. The van der Waals surface area contributed by atoms with E-state index in [-0.39, 0.29) is 18.1 Å². The van der Waals surface area contributed by atoms with Gasteiger partial charge >= 0.3 is 0 Å². The van der Waals surface area contributed by atoms with E-state index in [1.165, 1.54) is 0 Å². The first-order valence-corrected chi connectivity index (χ1v) is 8.31. The molecule has 3 rings (SSSR count). The van der Waals surface area contributed by atoms with Crippen LogP contribution in [0.2, 0.25) is 0 Å². The predicted molar refractivity (Wildman–Crippen MR) is 101 cm³/mol. The number of carbonyl (C=O) groups excluding carboxylic acids is 1. The van der Waals surface area contributed by atoms with Crippen molar-refractivity contribution >= 4 is 22.5 Å². The average molecular weight is 352 g/mol. The molecule has 3 aromatic rings. The Bertz CT molecular complexity index is 977. The summed E-state index contributed by atoms with van der Waals surface area (Å²) in [5.74, 6) is 1.02. The summed E-state index contributed by atoms with van der Waals surface area (Å²) in [5, 5.41) is 3.74. The van der Waals surface area contributed by atoms with Gasteiger partial charge in [-0.15, -0.1) is 0 Å². The van der Waals surface area contributed by atoms with Crippen LogP contribution in [-0.4, -0.2) is 24.6 Å². The monoisotopic (exact) mass is 352 g/mol. The number of methoxy groups -OCH3 is 1. The van der Waals surface area contributed by atoms with Crippen LogP contribution in [0.15, 0.2) is 53.3 Å². The van der Waals surface area contributed by atoms with Gasteiger partial charge in [-0.1, -0.05) is 13.0 Å². The van der Waals surface area contributed by atoms with Crippen LogP contribution < -0.4 is 20.3 Å². The zero-order valence-electron chi connectivity index (χ0n) is 14.7. The van der Waals surface area contributed by atoms with E-state index in [2.05, 4.69) is 10.3 Å². The van der Waals surface area contributed by atoms with E-state index in [0.717, 1.165) is 23.1 Å². The van der Waals surface area contributed by atoms with Crippen LogP contribution in [-0.2, 0) is 11.2 Å². The number of aryl methyl sites for hydroxylation is 1. The van der Waals surface area contributed by atoms with Crippen molar-refractivity contribution in [2.24, 2.45) is 0 Å². The lowest BCUT2D eigenvalue weighted by Crippen LogP contribution is -2.20. The summed E-state index contributed by atoms with van der Waals surface area (Å²) in [7, 11) is 1.59. The Morgan fingerprint density at radius 3 is 2.50 bits per heavy atom. The fourth-order valence-corrected chi connectivity index (χ4v) is 2.72. The number of rotatable bonds is 6.